The molecular formula is C26H32N2O4S. The summed E-state index contributed by atoms with van der Waals surface area (Å²) in [5, 5.41) is 3.39. The number of nitrogens with one attached hydrogen (secondary N) is 1. The number of hydrogen-bond acceptors (Lipinski definition) is 6. The maximum Gasteiger partial charge on any atom is 0.250 e. The van der Waals surface area contributed by atoms with E-state index in [0.29, 0.717) is 35.8 Å². The molecule has 2 aromatic carbocycles. The minimum absolute atomic E-state index is 0.246. The lowest BCUT2D eigenvalue weighted by molar-refractivity contribution is -0.111. The summed E-state index contributed by atoms with van der Waals surface area (Å²) in [6, 6.07) is 11.4. The highest BCUT2D eigenvalue weighted by Gasteiger charge is 2.09. The molecular weight excluding hydrogens is 436 g/mol. The van der Waals surface area contributed by atoms with Crippen LogP contribution in [0.3, 0.4) is 0 Å². The van der Waals surface area contributed by atoms with Gasteiger partial charge in [0.25, 0.3) is 0 Å². The molecule has 1 heterocycles. The Morgan fingerprint density at radius 3 is 2.73 bits per heavy atom. The number of rotatable bonds is 12. The van der Waals surface area contributed by atoms with Crippen LogP contribution in [0.5, 0.6) is 17.2 Å². The number of carbonyl (C=O) groups excluding carboxylic acids is 1. The lowest BCUT2D eigenvalue weighted by Gasteiger charge is -2.12. The summed E-state index contributed by atoms with van der Waals surface area (Å²) >= 11 is 1.42. The Kier molecular flexibility index (Phi) is 9.13. The molecule has 0 atom stereocenters. The number of ether oxygens (including phenoxy) is 3. The van der Waals surface area contributed by atoms with E-state index in [0.717, 1.165) is 40.8 Å². The summed E-state index contributed by atoms with van der Waals surface area (Å²) in [5.41, 5.74) is 1.68. The Morgan fingerprint density at radius 2 is 1.97 bits per heavy atom. The summed E-state index contributed by atoms with van der Waals surface area (Å²) in [6.45, 7) is 7.79. The van der Waals surface area contributed by atoms with Crippen molar-refractivity contribution in [1.29, 1.82) is 0 Å². The molecule has 3 rings (SSSR count). The fourth-order valence-electron chi connectivity index (χ4n) is 3.01. The minimum atomic E-state index is -0.246. The van der Waals surface area contributed by atoms with Gasteiger partial charge < -0.3 is 14.2 Å². The van der Waals surface area contributed by atoms with E-state index < -0.39 is 0 Å². The molecule has 1 amide bonds. The van der Waals surface area contributed by atoms with Gasteiger partial charge in [0.15, 0.2) is 16.6 Å². The van der Waals surface area contributed by atoms with E-state index in [4.69, 9.17) is 14.2 Å². The van der Waals surface area contributed by atoms with Crippen molar-refractivity contribution in [3.05, 3.63) is 48.0 Å². The van der Waals surface area contributed by atoms with E-state index in [1.165, 1.54) is 17.4 Å². The smallest absolute Gasteiger partial charge is 0.250 e. The molecule has 0 fully saturated rings. The summed E-state index contributed by atoms with van der Waals surface area (Å²) in [4.78, 5) is 16.9. The first-order valence-corrected chi connectivity index (χ1v) is 12.1. The zero-order valence-electron chi connectivity index (χ0n) is 19.7. The average molecular weight is 469 g/mol. The number of unbranched alkanes of at least 4 members (excludes halogenated alkanes) is 1. The zero-order chi connectivity index (χ0) is 23.6. The fourth-order valence-corrected chi connectivity index (χ4v) is 3.91. The third-order valence-corrected chi connectivity index (χ3v) is 5.86. The Labute approximate surface area is 199 Å². The van der Waals surface area contributed by atoms with Gasteiger partial charge in [-0.2, -0.15) is 0 Å². The van der Waals surface area contributed by atoms with Crippen LogP contribution < -0.4 is 19.5 Å². The second-order valence-corrected chi connectivity index (χ2v) is 9.15. The molecule has 1 aromatic heterocycles. The normalized spacial score (nSPS) is 11.3. The van der Waals surface area contributed by atoms with Crippen molar-refractivity contribution in [3.8, 4) is 17.2 Å². The molecule has 7 heteroatoms. The standard InChI is InChI=1S/C26H32N2O4S/c1-5-6-14-31-20-9-10-21-24(17-20)33-26(27-21)28-25(29)12-8-19-7-11-22(23(16-19)30-4)32-15-13-18(2)3/h7-12,16-18H,5-6,13-15H2,1-4H3,(H,27,28,29)/b12-8+. The zero-order valence-corrected chi connectivity index (χ0v) is 20.5. The van der Waals surface area contributed by atoms with Crippen LogP contribution >= 0.6 is 11.3 Å². The maximum atomic E-state index is 12.4. The fraction of sp³-hybridized carbons (Fsp3) is 0.385. The van der Waals surface area contributed by atoms with Gasteiger partial charge in [-0.3, -0.25) is 10.1 Å². The van der Waals surface area contributed by atoms with Gasteiger partial charge in [-0.1, -0.05) is 44.6 Å². The number of methoxy groups -OCH3 is 1. The number of fused-ring (bicyclic) bond motifs is 1. The number of anilines is 1. The van der Waals surface area contributed by atoms with Crippen LogP contribution in [0.25, 0.3) is 16.3 Å². The van der Waals surface area contributed by atoms with Crippen molar-refractivity contribution >= 4 is 38.7 Å². The number of benzene rings is 2. The lowest BCUT2D eigenvalue weighted by atomic mass is 10.1. The van der Waals surface area contributed by atoms with Crippen molar-refractivity contribution < 1.29 is 19.0 Å². The van der Waals surface area contributed by atoms with Gasteiger partial charge in [-0.05, 0) is 60.7 Å². The van der Waals surface area contributed by atoms with E-state index in [9.17, 15) is 4.79 Å². The highest BCUT2D eigenvalue weighted by Crippen LogP contribution is 2.30. The van der Waals surface area contributed by atoms with Crippen molar-refractivity contribution in [2.75, 3.05) is 25.6 Å². The van der Waals surface area contributed by atoms with Gasteiger partial charge >= 0.3 is 0 Å². The van der Waals surface area contributed by atoms with Crippen LogP contribution in [0.1, 0.15) is 45.6 Å². The van der Waals surface area contributed by atoms with Crippen LogP contribution in [0.2, 0.25) is 0 Å². The highest BCUT2D eigenvalue weighted by molar-refractivity contribution is 7.22. The van der Waals surface area contributed by atoms with E-state index >= 15 is 0 Å². The molecule has 1 N–H and O–H groups in total. The second-order valence-electron chi connectivity index (χ2n) is 8.11. The molecule has 0 saturated heterocycles. The number of carbonyl (C=O) groups is 1. The van der Waals surface area contributed by atoms with E-state index in [-0.39, 0.29) is 5.91 Å². The van der Waals surface area contributed by atoms with Crippen LogP contribution in [0.15, 0.2) is 42.5 Å². The molecule has 33 heavy (non-hydrogen) atoms. The van der Waals surface area contributed by atoms with Crippen LogP contribution in [0.4, 0.5) is 5.13 Å². The number of amides is 1. The summed E-state index contributed by atoms with van der Waals surface area (Å²) in [5.74, 6) is 2.50. The second kappa shape index (κ2) is 12.3. The SMILES string of the molecule is CCCCOc1ccc2nc(NC(=O)/C=C/c3ccc(OCCC(C)C)c(OC)c3)sc2c1. The first-order chi connectivity index (χ1) is 16.0. The van der Waals surface area contributed by atoms with Gasteiger partial charge in [0, 0.05) is 6.08 Å². The molecule has 0 aliphatic rings. The first kappa shape index (κ1) is 24.6. The Balaban J connectivity index is 1.60. The molecule has 176 valence electrons. The Bertz CT molecular complexity index is 1090. The number of hydrogen-bond donors (Lipinski definition) is 1. The molecule has 0 aliphatic heterocycles. The molecule has 0 unspecified atom stereocenters. The van der Waals surface area contributed by atoms with Gasteiger partial charge in [0.1, 0.15) is 5.75 Å². The largest absolute Gasteiger partial charge is 0.494 e. The third-order valence-electron chi connectivity index (χ3n) is 4.92. The molecule has 0 radical (unpaired) electrons. The third kappa shape index (κ3) is 7.49. The molecule has 6 nitrogen and oxygen atoms in total. The van der Waals surface area contributed by atoms with Crippen LogP contribution in [-0.4, -0.2) is 31.2 Å². The van der Waals surface area contributed by atoms with E-state index in [1.807, 2.05) is 36.4 Å². The molecule has 0 spiro atoms. The van der Waals surface area contributed by atoms with Gasteiger partial charge in [0.05, 0.1) is 30.5 Å². The summed E-state index contributed by atoms with van der Waals surface area (Å²) < 4.78 is 18.0. The number of nitrogens with zero attached hydrogens (tertiary/aromatic N) is 1. The highest BCUT2D eigenvalue weighted by atomic mass is 32.1. The summed E-state index contributed by atoms with van der Waals surface area (Å²) in [7, 11) is 1.61. The van der Waals surface area contributed by atoms with Gasteiger partial charge in [-0.25, -0.2) is 4.98 Å². The van der Waals surface area contributed by atoms with Crippen molar-refractivity contribution in [3.63, 3.8) is 0 Å². The van der Waals surface area contributed by atoms with Crippen molar-refractivity contribution in [2.24, 2.45) is 5.92 Å². The molecule has 0 bridgehead atoms. The van der Waals surface area contributed by atoms with Crippen LogP contribution in [0, 0.1) is 5.92 Å². The monoisotopic (exact) mass is 468 g/mol. The lowest BCUT2D eigenvalue weighted by Crippen LogP contribution is -2.07. The average Bonchev–Trinajstić information content (AvgIpc) is 3.19. The molecule has 0 aliphatic carbocycles. The Morgan fingerprint density at radius 1 is 1.12 bits per heavy atom. The van der Waals surface area contributed by atoms with Gasteiger partial charge in [-0.15, -0.1) is 0 Å². The quantitative estimate of drug-likeness (QED) is 0.241. The van der Waals surface area contributed by atoms with Crippen molar-refractivity contribution in [1.82, 2.24) is 4.98 Å². The number of thiazole rings is 1. The summed E-state index contributed by atoms with van der Waals surface area (Å²) in [6.07, 6.45) is 6.32. The predicted octanol–water partition coefficient (Wildman–Crippen LogP) is 6.56. The minimum Gasteiger partial charge on any atom is -0.494 e. The van der Waals surface area contributed by atoms with Crippen LogP contribution in [-0.2, 0) is 4.79 Å². The first-order valence-electron chi connectivity index (χ1n) is 11.3. The van der Waals surface area contributed by atoms with Gasteiger partial charge in [0.2, 0.25) is 5.91 Å². The predicted molar refractivity (Wildman–Crippen MR) is 136 cm³/mol. The van der Waals surface area contributed by atoms with E-state index in [2.05, 4.69) is 31.1 Å². The van der Waals surface area contributed by atoms with Crippen molar-refractivity contribution in [2.45, 2.75) is 40.0 Å². The Hall–Kier alpha value is -3.06. The van der Waals surface area contributed by atoms with E-state index in [1.54, 1.807) is 13.2 Å². The number of aromatic nitrogens is 1. The molecule has 0 saturated carbocycles. The maximum absolute atomic E-state index is 12.4. The molecule has 3 aromatic rings. The topological polar surface area (TPSA) is 69.7 Å².